The summed E-state index contributed by atoms with van der Waals surface area (Å²) in [5.74, 6) is -0.451. The summed E-state index contributed by atoms with van der Waals surface area (Å²) in [6, 6.07) is 8.54. The van der Waals surface area contributed by atoms with Crippen LogP contribution in [0, 0.1) is 24.0 Å². The van der Waals surface area contributed by atoms with Gasteiger partial charge in [-0.05, 0) is 44.0 Å². The van der Waals surface area contributed by atoms with Crippen molar-refractivity contribution in [1.29, 1.82) is 0 Å². The zero-order valence-corrected chi connectivity index (χ0v) is 18.5. The van der Waals surface area contributed by atoms with Crippen LogP contribution >= 0.6 is 11.3 Å². The molecule has 0 bridgehead atoms. The van der Waals surface area contributed by atoms with Gasteiger partial charge in [-0.1, -0.05) is 19.1 Å². The Morgan fingerprint density at radius 1 is 1.25 bits per heavy atom. The molecule has 4 rings (SSSR count). The highest BCUT2D eigenvalue weighted by Gasteiger charge is 2.21. The molecule has 1 amide bonds. The molecule has 4 aromatic rings. The van der Waals surface area contributed by atoms with E-state index in [4.69, 9.17) is 0 Å². The molecule has 0 spiro atoms. The van der Waals surface area contributed by atoms with Crippen LogP contribution in [0.3, 0.4) is 0 Å². The lowest BCUT2D eigenvalue weighted by Crippen LogP contribution is -2.33. The molecule has 0 fully saturated rings. The first-order valence-corrected chi connectivity index (χ1v) is 10.7. The number of hydrogen-bond donors (Lipinski definition) is 1. The molecular weight excluding hydrogens is 432 g/mol. The number of aryl methyl sites for hydroxylation is 2. The van der Waals surface area contributed by atoms with Crippen molar-refractivity contribution >= 4 is 33.1 Å². The van der Waals surface area contributed by atoms with Crippen molar-refractivity contribution in [3.05, 3.63) is 84.5 Å². The second kappa shape index (κ2) is 8.35. The van der Waals surface area contributed by atoms with Gasteiger partial charge in [0.25, 0.3) is 11.5 Å². The fourth-order valence-electron chi connectivity index (χ4n) is 3.44. The van der Waals surface area contributed by atoms with Crippen molar-refractivity contribution < 1.29 is 9.72 Å². The van der Waals surface area contributed by atoms with E-state index in [-0.39, 0.29) is 11.2 Å². The fraction of sp³-hybridized carbons (Fsp3) is 0.238. The number of carbonyl (C=O) groups excluding carboxylic acids is 1. The third-order valence-corrected chi connectivity index (χ3v) is 6.34. The lowest BCUT2D eigenvalue weighted by Gasteiger charge is -2.09. The number of thiophene rings is 1. The number of carbonyl (C=O) groups is 1. The van der Waals surface area contributed by atoms with Gasteiger partial charge in [-0.2, -0.15) is 5.10 Å². The van der Waals surface area contributed by atoms with E-state index in [1.54, 1.807) is 48.9 Å². The molecule has 0 saturated heterocycles. The summed E-state index contributed by atoms with van der Waals surface area (Å²) in [4.78, 5) is 42.0. The molecule has 0 aliphatic rings. The normalized spacial score (nSPS) is 11.1. The number of aromatic nitrogens is 4. The Labute approximate surface area is 186 Å². The maximum absolute atomic E-state index is 12.6. The van der Waals surface area contributed by atoms with Gasteiger partial charge in [0.15, 0.2) is 0 Å². The molecule has 164 valence electrons. The maximum Gasteiger partial charge on any atom is 0.312 e. The average Bonchev–Trinajstić information content (AvgIpc) is 3.31. The number of rotatable bonds is 6. The lowest BCUT2D eigenvalue weighted by atomic mass is 10.1. The van der Waals surface area contributed by atoms with Crippen molar-refractivity contribution in [2.75, 3.05) is 5.43 Å². The minimum absolute atomic E-state index is 0.00805. The smallest absolute Gasteiger partial charge is 0.267 e. The van der Waals surface area contributed by atoms with Gasteiger partial charge >= 0.3 is 5.69 Å². The Bertz CT molecular complexity index is 1400. The summed E-state index contributed by atoms with van der Waals surface area (Å²) in [6.45, 7) is 5.59. The zero-order chi connectivity index (χ0) is 23.0. The third-order valence-electron chi connectivity index (χ3n) is 5.15. The van der Waals surface area contributed by atoms with E-state index < -0.39 is 10.8 Å². The fourth-order valence-corrected chi connectivity index (χ4v) is 4.37. The van der Waals surface area contributed by atoms with Crippen molar-refractivity contribution in [2.24, 2.45) is 0 Å². The van der Waals surface area contributed by atoms with Crippen LogP contribution in [0.4, 0.5) is 5.69 Å². The van der Waals surface area contributed by atoms with Gasteiger partial charge in [-0.15, -0.1) is 11.3 Å². The summed E-state index contributed by atoms with van der Waals surface area (Å²) in [5.41, 5.74) is 4.25. The molecule has 32 heavy (non-hydrogen) atoms. The van der Waals surface area contributed by atoms with Crippen molar-refractivity contribution in [2.45, 2.75) is 33.7 Å². The highest BCUT2D eigenvalue weighted by atomic mass is 32.1. The minimum atomic E-state index is -0.451. The number of nitro groups is 1. The average molecular weight is 452 g/mol. The van der Waals surface area contributed by atoms with E-state index in [9.17, 15) is 19.7 Å². The van der Waals surface area contributed by atoms with Crippen LogP contribution in [0.15, 0.2) is 41.5 Å². The van der Waals surface area contributed by atoms with Gasteiger partial charge in [0.1, 0.15) is 22.5 Å². The molecule has 0 unspecified atom stereocenters. The third kappa shape index (κ3) is 3.89. The molecule has 10 nitrogen and oxygen atoms in total. The molecule has 1 N–H and O–H groups in total. The van der Waals surface area contributed by atoms with E-state index >= 15 is 0 Å². The summed E-state index contributed by atoms with van der Waals surface area (Å²) in [6.07, 6.45) is 2.12. The van der Waals surface area contributed by atoms with Crippen molar-refractivity contribution in [3.8, 4) is 0 Å². The molecule has 11 heteroatoms. The molecule has 0 aliphatic heterocycles. The molecular formula is C21H20N6O4S. The van der Waals surface area contributed by atoms with Crippen LogP contribution < -0.4 is 11.0 Å². The Balaban J connectivity index is 1.51. The monoisotopic (exact) mass is 452 g/mol. The van der Waals surface area contributed by atoms with E-state index in [0.717, 1.165) is 21.5 Å². The van der Waals surface area contributed by atoms with Gasteiger partial charge in [0.2, 0.25) is 0 Å². The number of nitrogens with one attached hydrogen (secondary N) is 1. The van der Waals surface area contributed by atoms with Gasteiger partial charge in [0.05, 0.1) is 16.9 Å². The van der Waals surface area contributed by atoms with E-state index in [1.165, 1.54) is 17.7 Å². The Hall–Kier alpha value is -3.86. The highest BCUT2D eigenvalue weighted by Crippen LogP contribution is 2.23. The second-order valence-electron chi connectivity index (χ2n) is 7.28. The quantitative estimate of drug-likeness (QED) is 0.354. The van der Waals surface area contributed by atoms with Crippen LogP contribution in [-0.2, 0) is 13.0 Å². The molecule has 0 atom stereocenters. The van der Waals surface area contributed by atoms with E-state index in [1.807, 2.05) is 6.92 Å². The summed E-state index contributed by atoms with van der Waals surface area (Å²) in [5, 5.41) is 15.9. The second-order valence-corrected chi connectivity index (χ2v) is 8.39. The predicted molar refractivity (Wildman–Crippen MR) is 121 cm³/mol. The minimum Gasteiger partial charge on any atom is -0.267 e. The van der Waals surface area contributed by atoms with Crippen LogP contribution in [0.5, 0.6) is 0 Å². The first kappa shape index (κ1) is 21.4. The lowest BCUT2D eigenvalue weighted by molar-refractivity contribution is -0.386. The SMILES string of the molecule is CCc1cc2c(=O)n(NC(=O)c3ccc(Cn4nc(C)c([N+](=O)[O-])c4C)cc3)cnc2s1. The Morgan fingerprint density at radius 3 is 2.59 bits per heavy atom. The van der Waals surface area contributed by atoms with Gasteiger partial charge < -0.3 is 0 Å². The Morgan fingerprint density at radius 2 is 1.97 bits per heavy atom. The summed E-state index contributed by atoms with van der Waals surface area (Å²) < 4.78 is 2.65. The Kier molecular flexibility index (Phi) is 5.57. The molecule has 0 aliphatic carbocycles. The van der Waals surface area contributed by atoms with Gasteiger partial charge in [-0.25, -0.2) is 9.66 Å². The topological polar surface area (TPSA) is 125 Å². The van der Waals surface area contributed by atoms with Gasteiger partial charge in [0, 0.05) is 10.4 Å². The maximum atomic E-state index is 12.6. The van der Waals surface area contributed by atoms with E-state index in [2.05, 4.69) is 15.5 Å². The number of amides is 1. The number of fused-ring (bicyclic) bond motifs is 1. The molecule has 1 aromatic carbocycles. The number of hydrogen-bond acceptors (Lipinski definition) is 7. The molecule has 0 radical (unpaired) electrons. The zero-order valence-electron chi connectivity index (χ0n) is 17.7. The van der Waals surface area contributed by atoms with Crippen molar-refractivity contribution in [3.63, 3.8) is 0 Å². The van der Waals surface area contributed by atoms with Crippen LogP contribution in [0.2, 0.25) is 0 Å². The standard InChI is InChI=1S/C21H20N6O4S/c1-4-16-9-17-20(32-16)22-11-26(21(17)29)24-19(28)15-7-5-14(6-8-15)10-25-13(3)18(27(30)31)12(2)23-25/h5-9,11H,4,10H2,1-3H3,(H,24,28). The molecule has 3 heterocycles. The highest BCUT2D eigenvalue weighted by molar-refractivity contribution is 7.18. The largest absolute Gasteiger partial charge is 0.312 e. The van der Waals surface area contributed by atoms with Crippen LogP contribution in [-0.4, -0.2) is 30.3 Å². The van der Waals surface area contributed by atoms with Crippen LogP contribution in [0.25, 0.3) is 10.2 Å². The van der Waals surface area contributed by atoms with Crippen LogP contribution in [0.1, 0.15) is 39.1 Å². The van der Waals surface area contributed by atoms with E-state index in [0.29, 0.717) is 33.7 Å². The summed E-state index contributed by atoms with van der Waals surface area (Å²) >= 11 is 1.46. The molecule has 3 aromatic heterocycles. The first-order chi connectivity index (χ1) is 15.3. The van der Waals surface area contributed by atoms with Crippen molar-refractivity contribution in [1.82, 2.24) is 19.4 Å². The summed E-state index contributed by atoms with van der Waals surface area (Å²) in [7, 11) is 0. The van der Waals surface area contributed by atoms with Gasteiger partial charge in [-0.3, -0.25) is 29.8 Å². The predicted octanol–water partition coefficient (Wildman–Crippen LogP) is 3.17. The molecule has 0 saturated carbocycles. The number of nitrogens with zero attached hydrogens (tertiary/aromatic N) is 5. The number of benzene rings is 1. The first-order valence-electron chi connectivity index (χ1n) is 9.87.